The summed E-state index contributed by atoms with van der Waals surface area (Å²) >= 11 is 0. The largest absolute Gasteiger partial charge is 0.398 e. The van der Waals surface area contributed by atoms with Crippen LogP contribution in [-0.2, 0) is 7.05 Å². The van der Waals surface area contributed by atoms with Crippen LogP contribution in [0.25, 0.3) is 23.3 Å². The minimum atomic E-state index is 0.219. The first-order valence-corrected chi connectivity index (χ1v) is 11.2. The quantitative estimate of drug-likeness (QED) is 0.334. The van der Waals surface area contributed by atoms with E-state index in [4.69, 9.17) is 4.42 Å². The fourth-order valence-electron chi connectivity index (χ4n) is 4.34. The van der Waals surface area contributed by atoms with Gasteiger partial charge in [-0.1, -0.05) is 68.5 Å². The van der Waals surface area contributed by atoms with Crippen LogP contribution in [0, 0.1) is 5.41 Å². The molecule has 0 spiro atoms. The number of hydrogen-bond acceptors (Lipinski definition) is 2. The van der Waals surface area contributed by atoms with Gasteiger partial charge >= 0.3 is 5.89 Å². The van der Waals surface area contributed by atoms with Crippen LogP contribution in [0.3, 0.4) is 0 Å². The molecule has 164 valence electrons. The van der Waals surface area contributed by atoms with E-state index in [1.807, 2.05) is 18.2 Å². The molecule has 0 saturated carbocycles. The molecule has 1 aliphatic rings. The molecule has 0 atom stereocenters. The van der Waals surface area contributed by atoms with Gasteiger partial charge in [0.2, 0.25) is 5.58 Å². The van der Waals surface area contributed by atoms with Gasteiger partial charge in [-0.25, -0.2) is 0 Å². The maximum atomic E-state index is 6.10. The van der Waals surface area contributed by atoms with E-state index < -0.39 is 0 Å². The highest BCUT2D eigenvalue weighted by Gasteiger charge is 2.26. The zero-order chi connectivity index (χ0) is 22.7. The second-order valence-electron chi connectivity index (χ2n) is 9.63. The molecule has 32 heavy (non-hydrogen) atoms. The fourth-order valence-corrected chi connectivity index (χ4v) is 4.34. The summed E-state index contributed by atoms with van der Waals surface area (Å²) in [7, 11) is 6.18. The van der Waals surface area contributed by atoms with Crippen LogP contribution >= 0.6 is 0 Å². The molecule has 3 heteroatoms. The molecule has 0 fully saturated rings. The average molecular weight is 426 g/mol. The zero-order valence-electron chi connectivity index (χ0n) is 19.8. The fraction of sp³-hybridized carbons (Fsp3) is 0.276. The van der Waals surface area contributed by atoms with Crippen LogP contribution < -0.4 is 9.47 Å². The molecule has 0 radical (unpaired) electrons. The summed E-state index contributed by atoms with van der Waals surface area (Å²) in [6, 6.07) is 16.8. The molecular formula is C29H33N2O+. The maximum absolute atomic E-state index is 6.10. The second kappa shape index (κ2) is 9.04. The molecule has 0 aliphatic heterocycles. The van der Waals surface area contributed by atoms with Crippen molar-refractivity contribution in [3.8, 4) is 0 Å². The van der Waals surface area contributed by atoms with Crippen LogP contribution in [0.5, 0.6) is 0 Å². The van der Waals surface area contributed by atoms with Crippen molar-refractivity contribution in [2.75, 3.05) is 19.0 Å². The van der Waals surface area contributed by atoms with Crippen LogP contribution in [0.2, 0.25) is 0 Å². The van der Waals surface area contributed by atoms with Gasteiger partial charge in [-0.15, -0.1) is 0 Å². The molecule has 4 rings (SSSR count). The molecule has 1 aliphatic carbocycles. The van der Waals surface area contributed by atoms with E-state index >= 15 is 0 Å². The van der Waals surface area contributed by atoms with Gasteiger partial charge in [-0.2, -0.15) is 4.57 Å². The number of hydrogen-bond donors (Lipinski definition) is 0. The normalized spacial score (nSPS) is 17.5. The summed E-state index contributed by atoms with van der Waals surface area (Å²) in [5.74, 6) is 0.888. The van der Waals surface area contributed by atoms with Crippen molar-refractivity contribution in [2.45, 2.75) is 26.7 Å². The second-order valence-corrected chi connectivity index (χ2v) is 9.63. The molecule has 0 amide bonds. The Bertz CT molecular complexity index is 1220. The Morgan fingerprint density at radius 2 is 1.66 bits per heavy atom. The summed E-state index contributed by atoms with van der Waals surface area (Å²) < 4.78 is 8.22. The van der Waals surface area contributed by atoms with Gasteiger partial charge in [0.15, 0.2) is 0 Å². The third-order valence-corrected chi connectivity index (χ3v) is 5.94. The van der Waals surface area contributed by atoms with E-state index in [0.29, 0.717) is 0 Å². The Balaban J connectivity index is 1.53. The Labute approximate surface area is 191 Å². The van der Waals surface area contributed by atoms with Gasteiger partial charge < -0.3 is 9.32 Å². The Hall–Kier alpha value is -3.33. The molecule has 0 saturated heterocycles. The minimum Gasteiger partial charge on any atom is -0.398 e. The molecule has 1 heterocycles. The highest BCUT2D eigenvalue weighted by Crippen LogP contribution is 2.39. The SMILES string of the molecule is CN(C)c1ccc(C=CC=CC2=CC(=Cc3oc4ccccc4[n+]3C)CC(C)(C)C2)cc1. The predicted molar refractivity (Wildman–Crippen MR) is 135 cm³/mol. The van der Waals surface area contributed by atoms with Crippen molar-refractivity contribution in [1.29, 1.82) is 0 Å². The molecule has 0 unspecified atom stereocenters. The third kappa shape index (κ3) is 5.11. The van der Waals surface area contributed by atoms with E-state index in [0.717, 1.165) is 29.8 Å². The van der Waals surface area contributed by atoms with Crippen molar-refractivity contribution in [1.82, 2.24) is 0 Å². The average Bonchev–Trinajstić information content (AvgIpc) is 3.06. The topological polar surface area (TPSA) is 20.3 Å². The number of benzene rings is 2. The monoisotopic (exact) mass is 425 g/mol. The lowest BCUT2D eigenvalue weighted by Gasteiger charge is -2.30. The van der Waals surface area contributed by atoms with E-state index in [2.05, 4.69) is 111 Å². The highest BCUT2D eigenvalue weighted by atomic mass is 16.3. The van der Waals surface area contributed by atoms with Gasteiger partial charge in [-0.3, -0.25) is 0 Å². The lowest BCUT2D eigenvalue weighted by Crippen LogP contribution is -2.29. The maximum Gasteiger partial charge on any atom is 0.374 e. The summed E-state index contributed by atoms with van der Waals surface area (Å²) in [5.41, 5.74) is 7.32. The Morgan fingerprint density at radius 1 is 0.938 bits per heavy atom. The third-order valence-electron chi connectivity index (χ3n) is 5.94. The molecule has 3 aromatic rings. The van der Waals surface area contributed by atoms with Crippen LogP contribution in [0.4, 0.5) is 5.69 Å². The van der Waals surface area contributed by atoms with E-state index in [1.54, 1.807) is 0 Å². The number of fused-ring (bicyclic) bond motifs is 1. The smallest absolute Gasteiger partial charge is 0.374 e. The number of anilines is 1. The first-order chi connectivity index (χ1) is 15.3. The van der Waals surface area contributed by atoms with Gasteiger partial charge in [0.25, 0.3) is 5.52 Å². The lowest BCUT2D eigenvalue weighted by atomic mass is 9.75. The van der Waals surface area contributed by atoms with Gasteiger partial charge in [0, 0.05) is 25.8 Å². The summed E-state index contributed by atoms with van der Waals surface area (Å²) in [6.45, 7) is 4.67. The number of allylic oxidation sites excluding steroid dienone is 6. The van der Waals surface area contributed by atoms with Gasteiger partial charge in [0.1, 0.15) is 7.05 Å². The number of rotatable bonds is 5. The van der Waals surface area contributed by atoms with E-state index in [1.165, 1.54) is 22.4 Å². The van der Waals surface area contributed by atoms with Crippen LogP contribution in [0.1, 0.15) is 38.1 Å². The van der Waals surface area contributed by atoms with Crippen molar-refractivity contribution in [3.63, 3.8) is 0 Å². The van der Waals surface area contributed by atoms with Gasteiger partial charge in [0.05, 0.1) is 6.08 Å². The number of aryl methyl sites for hydroxylation is 1. The Kier molecular flexibility index (Phi) is 6.18. The first kappa shape index (κ1) is 21.9. The minimum absolute atomic E-state index is 0.219. The number of oxazole rings is 1. The van der Waals surface area contributed by atoms with E-state index in [9.17, 15) is 0 Å². The summed E-state index contributed by atoms with van der Waals surface area (Å²) in [6.07, 6.45) is 15.3. The van der Waals surface area contributed by atoms with E-state index in [-0.39, 0.29) is 5.41 Å². The Morgan fingerprint density at radius 3 is 2.38 bits per heavy atom. The zero-order valence-corrected chi connectivity index (χ0v) is 19.8. The molecule has 1 aromatic heterocycles. The highest BCUT2D eigenvalue weighted by molar-refractivity contribution is 5.70. The van der Waals surface area contributed by atoms with Crippen LogP contribution in [0.15, 0.2) is 88.4 Å². The molecule has 0 bridgehead atoms. The van der Waals surface area contributed by atoms with Crippen molar-refractivity contribution < 1.29 is 8.98 Å². The molecular weight excluding hydrogens is 392 g/mol. The number of para-hydroxylation sites is 2. The van der Waals surface area contributed by atoms with Crippen molar-refractivity contribution in [3.05, 3.63) is 95.4 Å². The standard InChI is InChI=1S/C29H33N2O/c1-29(2)20-23(11-7-6-10-22-14-16-25(17-15-22)30(3)4)18-24(21-29)19-28-31(5)26-12-8-9-13-27(26)32-28/h6-19H,20-21H2,1-5H3/q+1. The van der Waals surface area contributed by atoms with Crippen LogP contribution in [-0.4, -0.2) is 14.1 Å². The molecule has 3 nitrogen and oxygen atoms in total. The summed E-state index contributed by atoms with van der Waals surface area (Å²) in [5, 5.41) is 0. The predicted octanol–water partition coefficient (Wildman–Crippen LogP) is 6.72. The van der Waals surface area contributed by atoms with Gasteiger partial charge in [-0.05, 0) is 53.2 Å². The van der Waals surface area contributed by atoms with Crippen molar-refractivity contribution in [2.24, 2.45) is 12.5 Å². The summed E-state index contributed by atoms with van der Waals surface area (Å²) in [4.78, 5) is 2.11. The molecule has 2 aromatic carbocycles. The number of aromatic nitrogens is 1. The van der Waals surface area contributed by atoms with Crippen molar-refractivity contribution >= 4 is 28.9 Å². The lowest BCUT2D eigenvalue weighted by molar-refractivity contribution is -0.652. The number of nitrogens with zero attached hydrogens (tertiary/aromatic N) is 2. The molecule has 0 N–H and O–H groups in total. The first-order valence-electron chi connectivity index (χ1n) is 11.2.